The molecule has 0 bridgehead atoms. The second-order valence-corrected chi connectivity index (χ2v) is 3.89. The molecule has 0 spiro atoms. The van der Waals surface area contributed by atoms with Crippen molar-refractivity contribution >= 4 is 29.2 Å². The molecule has 0 saturated heterocycles. The highest BCUT2D eigenvalue weighted by Gasteiger charge is 2.19. The standard InChI is InChI=1S/C6H11BN2O2S/c1-4-5(7(10)11)8-6(12-4)9(2)3/h10-11H,1-3H3. The molecular weight excluding hydrogens is 175 g/mol. The van der Waals surface area contributed by atoms with Gasteiger partial charge in [-0.3, -0.25) is 0 Å². The number of aromatic nitrogens is 1. The van der Waals surface area contributed by atoms with Crippen LogP contribution in [0.1, 0.15) is 4.88 Å². The number of aryl methyl sites for hydroxylation is 1. The second kappa shape index (κ2) is 3.43. The van der Waals surface area contributed by atoms with Gasteiger partial charge in [0, 0.05) is 19.0 Å². The summed E-state index contributed by atoms with van der Waals surface area (Å²) in [4.78, 5) is 6.73. The second-order valence-electron chi connectivity index (χ2n) is 2.71. The van der Waals surface area contributed by atoms with E-state index in [4.69, 9.17) is 10.0 Å². The van der Waals surface area contributed by atoms with Crippen LogP contribution in [0.2, 0.25) is 0 Å². The molecule has 0 aromatic carbocycles. The molecule has 2 N–H and O–H groups in total. The van der Waals surface area contributed by atoms with E-state index in [1.165, 1.54) is 11.3 Å². The van der Waals surface area contributed by atoms with Crippen LogP contribution in [-0.2, 0) is 0 Å². The van der Waals surface area contributed by atoms with Crippen molar-refractivity contribution in [1.82, 2.24) is 4.98 Å². The number of rotatable bonds is 2. The van der Waals surface area contributed by atoms with Crippen LogP contribution in [0.3, 0.4) is 0 Å². The molecular formula is C6H11BN2O2S. The third-order valence-electron chi connectivity index (χ3n) is 1.45. The molecule has 0 aliphatic heterocycles. The molecule has 1 heterocycles. The van der Waals surface area contributed by atoms with E-state index in [1.807, 2.05) is 25.9 Å². The van der Waals surface area contributed by atoms with Gasteiger partial charge in [0.1, 0.15) is 0 Å². The van der Waals surface area contributed by atoms with E-state index in [1.54, 1.807) is 0 Å². The lowest BCUT2D eigenvalue weighted by atomic mass is 9.86. The maximum atomic E-state index is 8.88. The Kier molecular flexibility index (Phi) is 2.71. The van der Waals surface area contributed by atoms with Crippen molar-refractivity contribution < 1.29 is 10.0 Å². The van der Waals surface area contributed by atoms with E-state index in [0.29, 0.717) is 5.59 Å². The Morgan fingerprint density at radius 1 is 1.42 bits per heavy atom. The average molecular weight is 186 g/mol. The van der Waals surface area contributed by atoms with Crippen LogP contribution in [0, 0.1) is 6.92 Å². The number of nitrogens with zero attached hydrogens (tertiary/aromatic N) is 2. The molecule has 1 aromatic heterocycles. The molecule has 12 heavy (non-hydrogen) atoms. The molecule has 0 fully saturated rings. The monoisotopic (exact) mass is 186 g/mol. The SMILES string of the molecule is Cc1sc(N(C)C)nc1B(O)O. The normalized spacial score (nSPS) is 10.1. The Hall–Kier alpha value is -0.585. The van der Waals surface area contributed by atoms with Gasteiger partial charge in [0.2, 0.25) is 0 Å². The van der Waals surface area contributed by atoms with E-state index in [-0.39, 0.29) is 0 Å². The predicted octanol–water partition coefficient (Wildman–Crippen LogP) is -0.803. The lowest BCUT2D eigenvalue weighted by molar-refractivity contribution is 0.424. The predicted molar refractivity (Wildman–Crippen MR) is 51.0 cm³/mol. The summed E-state index contributed by atoms with van der Waals surface area (Å²) in [6.45, 7) is 1.82. The molecule has 0 radical (unpaired) electrons. The lowest BCUT2D eigenvalue weighted by Gasteiger charge is -2.05. The number of hydrogen-bond donors (Lipinski definition) is 2. The Morgan fingerprint density at radius 3 is 2.25 bits per heavy atom. The average Bonchev–Trinajstić information content (AvgIpc) is 2.30. The fraction of sp³-hybridized carbons (Fsp3) is 0.500. The smallest absolute Gasteiger partial charge is 0.422 e. The van der Waals surface area contributed by atoms with Gasteiger partial charge in [-0.15, -0.1) is 11.3 Å². The van der Waals surface area contributed by atoms with E-state index in [2.05, 4.69) is 4.98 Å². The maximum absolute atomic E-state index is 8.88. The van der Waals surface area contributed by atoms with E-state index >= 15 is 0 Å². The summed E-state index contributed by atoms with van der Waals surface area (Å²) < 4.78 is 0. The van der Waals surface area contributed by atoms with Crippen LogP contribution in [0.25, 0.3) is 0 Å². The molecule has 0 amide bonds. The number of thiazole rings is 1. The largest absolute Gasteiger partial charge is 0.509 e. The lowest BCUT2D eigenvalue weighted by Crippen LogP contribution is -2.33. The van der Waals surface area contributed by atoms with Crippen LogP contribution in [-0.4, -0.2) is 36.2 Å². The Morgan fingerprint density at radius 2 is 2.00 bits per heavy atom. The number of hydrogen-bond acceptors (Lipinski definition) is 5. The Bertz CT molecular complexity index is 275. The summed E-state index contributed by atoms with van der Waals surface area (Å²) in [5.74, 6) is 0. The summed E-state index contributed by atoms with van der Waals surface area (Å²) >= 11 is 1.45. The molecule has 0 aliphatic rings. The minimum Gasteiger partial charge on any atom is -0.422 e. The zero-order valence-corrected chi connectivity index (χ0v) is 8.09. The summed E-state index contributed by atoms with van der Waals surface area (Å²) in [5, 5.41) is 18.5. The van der Waals surface area contributed by atoms with Crippen LogP contribution < -0.4 is 10.5 Å². The summed E-state index contributed by atoms with van der Waals surface area (Å²) in [6.07, 6.45) is 0. The third kappa shape index (κ3) is 1.77. The minimum absolute atomic E-state index is 0.351. The highest BCUT2D eigenvalue weighted by atomic mass is 32.1. The molecule has 4 nitrogen and oxygen atoms in total. The van der Waals surface area contributed by atoms with E-state index in [9.17, 15) is 0 Å². The first kappa shape index (κ1) is 9.50. The molecule has 66 valence electrons. The van der Waals surface area contributed by atoms with E-state index in [0.717, 1.165) is 10.0 Å². The van der Waals surface area contributed by atoms with Gasteiger partial charge in [-0.05, 0) is 6.92 Å². The number of anilines is 1. The maximum Gasteiger partial charge on any atom is 0.509 e. The van der Waals surface area contributed by atoms with E-state index < -0.39 is 7.12 Å². The molecule has 1 rings (SSSR count). The molecule has 0 aliphatic carbocycles. The van der Waals surface area contributed by atoms with Gasteiger partial charge >= 0.3 is 7.12 Å². The molecule has 6 heteroatoms. The first-order chi connectivity index (χ1) is 5.52. The van der Waals surface area contributed by atoms with Gasteiger partial charge in [-0.2, -0.15) is 0 Å². The van der Waals surface area contributed by atoms with Gasteiger partial charge < -0.3 is 14.9 Å². The molecule has 0 atom stereocenters. The fourth-order valence-corrected chi connectivity index (χ4v) is 1.68. The Labute approximate surface area is 75.6 Å². The van der Waals surface area contributed by atoms with Crippen LogP contribution >= 0.6 is 11.3 Å². The van der Waals surface area contributed by atoms with Gasteiger partial charge in [-0.1, -0.05) is 0 Å². The quantitative estimate of drug-likeness (QED) is 0.593. The van der Waals surface area contributed by atoms with Crippen molar-refractivity contribution in [2.45, 2.75) is 6.92 Å². The van der Waals surface area contributed by atoms with Crippen molar-refractivity contribution in [3.63, 3.8) is 0 Å². The van der Waals surface area contributed by atoms with Crippen LogP contribution in [0.5, 0.6) is 0 Å². The van der Waals surface area contributed by atoms with Gasteiger partial charge in [0.05, 0.1) is 5.59 Å². The van der Waals surface area contributed by atoms with Gasteiger partial charge in [0.15, 0.2) is 5.13 Å². The Balaban J connectivity index is 3.00. The van der Waals surface area contributed by atoms with Crippen LogP contribution in [0.4, 0.5) is 5.13 Å². The molecule has 1 aromatic rings. The van der Waals surface area contributed by atoms with Crippen molar-refractivity contribution in [3.05, 3.63) is 4.88 Å². The van der Waals surface area contributed by atoms with Crippen molar-refractivity contribution in [1.29, 1.82) is 0 Å². The minimum atomic E-state index is -1.46. The molecule has 0 unspecified atom stereocenters. The zero-order chi connectivity index (χ0) is 9.30. The van der Waals surface area contributed by atoms with Crippen molar-refractivity contribution in [2.75, 3.05) is 19.0 Å². The summed E-state index contributed by atoms with van der Waals surface area (Å²) in [6, 6.07) is 0. The molecule has 0 saturated carbocycles. The third-order valence-corrected chi connectivity index (χ3v) is 2.60. The first-order valence-corrected chi connectivity index (χ1v) is 4.35. The fourth-order valence-electron chi connectivity index (χ4n) is 0.825. The van der Waals surface area contributed by atoms with Crippen LogP contribution in [0.15, 0.2) is 0 Å². The highest BCUT2D eigenvalue weighted by molar-refractivity contribution is 7.16. The topological polar surface area (TPSA) is 56.6 Å². The highest BCUT2D eigenvalue weighted by Crippen LogP contribution is 2.17. The summed E-state index contributed by atoms with van der Waals surface area (Å²) in [7, 11) is 2.27. The van der Waals surface area contributed by atoms with Gasteiger partial charge in [-0.25, -0.2) is 4.98 Å². The first-order valence-electron chi connectivity index (χ1n) is 3.53. The zero-order valence-electron chi connectivity index (χ0n) is 7.27. The van der Waals surface area contributed by atoms with Crippen molar-refractivity contribution in [3.8, 4) is 0 Å². The summed E-state index contributed by atoms with van der Waals surface area (Å²) in [5.41, 5.74) is 0.351. The van der Waals surface area contributed by atoms with Gasteiger partial charge in [0.25, 0.3) is 0 Å². The van der Waals surface area contributed by atoms with Crippen molar-refractivity contribution in [2.24, 2.45) is 0 Å².